The third kappa shape index (κ3) is 3.79. The normalized spacial score (nSPS) is 11.4. The number of nitrogens with zero attached hydrogens (tertiary/aromatic N) is 1. The largest absolute Gasteiger partial charge is 0.478 e. The first kappa shape index (κ1) is 18.3. The summed E-state index contributed by atoms with van der Waals surface area (Å²) in [5, 5.41) is 11.1. The number of furan rings is 1. The molecule has 0 atom stereocenters. The minimum atomic E-state index is -1.04. The minimum absolute atomic E-state index is 0.145. The number of hydrogen-bond acceptors (Lipinski definition) is 3. The van der Waals surface area contributed by atoms with Crippen LogP contribution in [-0.4, -0.2) is 16.1 Å². The van der Waals surface area contributed by atoms with Gasteiger partial charge in [0.2, 0.25) is 0 Å². The minimum Gasteiger partial charge on any atom is -0.478 e. The molecule has 0 spiro atoms. The lowest BCUT2D eigenvalue weighted by molar-refractivity contribution is 0.0699. The third-order valence-corrected chi connectivity index (χ3v) is 4.65. The molecule has 4 nitrogen and oxygen atoms in total. The fraction of sp³-hybridized carbons (Fsp3) is 0. The van der Waals surface area contributed by atoms with Crippen LogP contribution in [0.25, 0.3) is 34.4 Å². The van der Waals surface area contributed by atoms with Gasteiger partial charge in [-0.3, -0.25) is 0 Å². The first-order valence-corrected chi connectivity index (χ1v) is 9.13. The molecule has 0 aliphatic rings. The Morgan fingerprint density at radius 1 is 0.964 bits per heavy atom. The molecule has 0 saturated carbocycles. The van der Waals surface area contributed by atoms with Gasteiger partial charge in [-0.2, -0.15) is 0 Å². The molecule has 2 aromatic heterocycles. The third-order valence-electron chi connectivity index (χ3n) is 4.18. The summed E-state index contributed by atoms with van der Waals surface area (Å²) in [6.45, 7) is 0. The van der Waals surface area contributed by atoms with Crippen molar-refractivity contribution >= 4 is 52.2 Å². The molecule has 1 N–H and O–H groups in total. The second-order valence-corrected chi connectivity index (χ2v) is 6.98. The van der Waals surface area contributed by atoms with E-state index >= 15 is 0 Å². The van der Waals surface area contributed by atoms with Crippen LogP contribution in [0, 0.1) is 0 Å². The molecule has 28 heavy (non-hydrogen) atoms. The molecule has 0 aliphatic carbocycles. The van der Waals surface area contributed by atoms with E-state index in [1.54, 1.807) is 36.4 Å². The van der Waals surface area contributed by atoms with Gasteiger partial charge in [0.15, 0.2) is 0 Å². The van der Waals surface area contributed by atoms with Gasteiger partial charge in [-0.05, 0) is 60.7 Å². The van der Waals surface area contributed by atoms with Gasteiger partial charge in [-0.15, -0.1) is 0 Å². The summed E-state index contributed by atoms with van der Waals surface area (Å²) in [5.41, 5.74) is 2.09. The van der Waals surface area contributed by atoms with E-state index in [1.807, 2.05) is 30.3 Å². The Morgan fingerprint density at radius 2 is 1.79 bits per heavy atom. The van der Waals surface area contributed by atoms with Crippen LogP contribution in [-0.2, 0) is 0 Å². The Bertz CT molecular complexity index is 1230. The number of aromatic nitrogens is 1. The molecular weight excluding hydrogens is 397 g/mol. The van der Waals surface area contributed by atoms with Crippen LogP contribution in [0.3, 0.4) is 0 Å². The van der Waals surface area contributed by atoms with Gasteiger partial charge < -0.3 is 9.52 Å². The summed E-state index contributed by atoms with van der Waals surface area (Å²) in [6.07, 6.45) is 3.45. The highest BCUT2D eigenvalue weighted by molar-refractivity contribution is 6.31. The van der Waals surface area contributed by atoms with Gasteiger partial charge >= 0.3 is 5.97 Å². The topological polar surface area (TPSA) is 63.3 Å². The van der Waals surface area contributed by atoms with Gasteiger partial charge in [0.05, 0.1) is 16.8 Å². The predicted octanol–water partition coefficient (Wildman–Crippen LogP) is 6.67. The Labute approximate surface area is 170 Å². The number of carbonyl (C=O) groups is 1. The molecule has 6 heteroatoms. The maximum atomic E-state index is 11.6. The number of carboxylic acids is 1. The molecule has 2 aromatic carbocycles. The number of fused-ring (bicyclic) bond motifs is 1. The molecule has 0 bridgehead atoms. The van der Waals surface area contributed by atoms with Crippen LogP contribution >= 0.6 is 23.2 Å². The molecule has 138 valence electrons. The number of hydrogen-bond donors (Lipinski definition) is 1. The van der Waals surface area contributed by atoms with Crippen molar-refractivity contribution in [2.45, 2.75) is 0 Å². The monoisotopic (exact) mass is 409 g/mol. The van der Waals surface area contributed by atoms with Gasteiger partial charge in [0.1, 0.15) is 11.5 Å². The number of rotatable bonds is 4. The molecule has 4 rings (SSSR count). The lowest BCUT2D eigenvalue weighted by Crippen LogP contribution is -2.00. The van der Waals surface area contributed by atoms with Crippen LogP contribution in [0.4, 0.5) is 0 Å². The highest BCUT2D eigenvalue weighted by Gasteiger charge is 2.12. The van der Waals surface area contributed by atoms with Crippen LogP contribution in [0.1, 0.15) is 21.8 Å². The van der Waals surface area contributed by atoms with Crippen LogP contribution in [0.5, 0.6) is 0 Å². The zero-order chi connectivity index (χ0) is 19.7. The van der Waals surface area contributed by atoms with E-state index < -0.39 is 5.97 Å². The van der Waals surface area contributed by atoms with E-state index in [0.717, 1.165) is 5.56 Å². The van der Waals surface area contributed by atoms with Crippen molar-refractivity contribution in [3.8, 4) is 11.3 Å². The highest BCUT2D eigenvalue weighted by atomic mass is 35.5. The molecule has 4 aromatic rings. The second-order valence-electron chi connectivity index (χ2n) is 6.11. The van der Waals surface area contributed by atoms with Crippen molar-refractivity contribution < 1.29 is 14.3 Å². The number of carboxylic acid groups (broad SMARTS) is 1. The van der Waals surface area contributed by atoms with Crippen LogP contribution < -0.4 is 0 Å². The Hall–Kier alpha value is -3.08. The van der Waals surface area contributed by atoms with E-state index in [4.69, 9.17) is 27.6 Å². The van der Waals surface area contributed by atoms with Crippen molar-refractivity contribution in [2.24, 2.45) is 0 Å². The number of halogens is 2. The van der Waals surface area contributed by atoms with Crippen LogP contribution in [0.15, 0.2) is 65.1 Å². The van der Waals surface area contributed by atoms with Crippen molar-refractivity contribution in [2.75, 3.05) is 0 Å². The first-order chi connectivity index (χ1) is 13.5. The summed E-state index contributed by atoms with van der Waals surface area (Å²) >= 11 is 12.0. The quantitative estimate of drug-likeness (QED) is 0.408. The summed E-state index contributed by atoms with van der Waals surface area (Å²) in [7, 11) is 0. The zero-order valence-electron chi connectivity index (χ0n) is 14.4. The smallest absolute Gasteiger partial charge is 0.336 e. The molecule has 0 fully saturated rings. The van der Waals surface area contributed by atoms with E-state index in [9.17, 15) is 9.90 Å². The van der Waals surface area contributed by atoms with Crippen molar-refractivity contribution in [3.05, 3.63) is 87.7 Å². The maximum Gasteiger partial charge on any atom is 0.336 e. The summed E-state index contributed by atoms with van der Waals surface area (Å²) < 4.78 is 5.82. The lowest BCUT2D eigenvalue weighted by Gasteiger charge is -2.04. The lowest BCUT2D eigenvalue weighted by atomic mass is 10.1. The number of aromatic carboxylic acids is 1. The summed E-state index contributed by atoms with van der Waals surface area (Å²) in [4.78, 5) is 16.1. The zero-order valence-corrected chi connectivity index (χ0v) is 15.9. The van der Waals surface area contributed by atoms with Gasteiger partial charge in [-0.25, -0.2) is 9.78 Å². The fourth-order valence-electron chi connectivity index (χ4n) is 2.89. The molecule has 0 saturated heterocycles. The molecular formula is C22H13Cl2NO3. The molecule has 0 aliphatic heterocycles. The van der Waals surface area contributed by atoms with Crippen molar-refractivity contribution in [3.63, 3.8) is 0 Å². The van der Waals surface area contributed by atoms with E-state index in [0.29, 0.717) is 38.2 Å². The Kier molecular flexibility index (Phi) is 4.90. The number of benzene rings is 2. The van der Waals surface area contributed by atoms with Gasteiger partial charge in [-0.1, -0.05) is 35.3 Å². The Morgan fingerprint density at radius 3 is 2.57 bits per heavy atom. The summed E-state index contributed by atoms with van der Waals surface area (Å²) in [5.74, 6) is 0.268. The SMILES string of the molecule is O=C(O)c1cc(C=Cc2ccc(-c3cccc(Cl)c3)o2)nc2ccc(Cl)cc12. The number of pyridine rings is 1. The molecule has 2 heterocycles. The van der Waals surface area contributed by atoms with E-state index in [2.05, 4.69) is 4.98 Å². The van der Waals surface area contributed by atoms with Gasteiger partial charge in [0.25, 0.3) is 0 Å². The average Bonchev–Trinajstić information content (AvgIpc) is 3.15. The van der Waals surface area contributed by atoms with Crippen molar-refractivity contribution in [1.29, 1.82) is 0 Å². The average molecular weight is 410 g/mol. The molecule has 0 amide bonds. The first-order valence-electron chi connectivity index (χ1n) is 8.37. The maximum absolute atomic E-state index is 11.6. The van der Waals surface area contributed by atoms with Crippen molar-refractivity contribution in [1.82, 2.24) is 4.98 Å². The fourth-order valence-corrected chi connectivity index (χ4v) is 3.25. The standard InChI is InChI=1S/C22H13Cl2NO3/c23-14-3-1-2-13(10-14)21-9-7-17(28-21)6-5-16-12-19(22(26)27)18-11-15(24)4-8-20(18)25-16/h1-12H,(H,26,27). The Balaban J connectivity index is 1.67. The van der Waals surface area contributed by atoms with Crippen LogP contribution in [0.2, 0.25) is 10.0 Å². The summed E-state index contributed by atoms with van der Waals surface area (Å²) in [6, 6.07) is 17.6. The predicted molar refractivity (Wildman–Crippen MR) is 112 cm³/mol. The molecule has 0 radical (unpaired) electrons. The second kappa shape index (κ2) is 7.50. The van der Waals surface area contributed by atoms with E-state index in [1.165, 1.54) is 6.07 Å². The van der Waals surface area contributed by atoms with E-state index in [-0.39, 0.29) is 5.56 Å². The molecule has 0 unspecified atom stereocenters. The van der Waals surface area contributed by atoms with Gasteiger partial charge in [0, 0.05) is 21.0 Å². The highest BCUT2D eigenvalue weighted by Crippen LogP contribution is 2.26.